The fourth-order valence-corrected chi connectivity index (χ4v) is 2.54. The molecule has 0 spiro atoms. The molecule has 0 bridgehead atoms. The van der Waals surface area contributed by atoms with Gasteiger partial charge in [0.1, 0.15) is 17.9 Å². The van der Waals surface area contributed by atoms with Crippen LogP contribution < -0.4 is 15.4 Å². The lowest BCUT2D eigenvalue weighted by Crippen LogP contribution is -2.43. The second-order valence-electron chi connectivity index (χ2n) is 5.26. The Kier molecular flexibility index (Phi) is 6.67. The molecule has 1 atom stereocenters. The van der Waals surface area contributed by atoms with E-state index >= 15 is 0 Å². The number of rotatable bonds is 6. The first-order valence-electron chi connectivity index (χ1n) is 7.77. The van der Waals surface area contributed by atoms with Crippen molar-refractivity contribution in [2.24, 2.45) is 0 Å². The van der Waals surface area contributed by atoms with E-state index in [0.717, 1.165) is 10.7 Å². The Labute approximate surface area is 154 Å². The van der Waals surface area contributed by atoms with E-state index in [9.17, 15) is 14.4 Å². The minimum absolute atomic E-state index is 0.180. The van der Waals surface area contributed by atoms with Gasteiger partial charge in [-0.1, -0.05) is 12.1 Å². The molecule has 0 aliphatic carbocycles. The number of carbonyl (C=O) groups is 3. The number of nitrogens with one attached hydrogen (secondary N) is 2. The van der Waals surface area contributed by atoms with Crippen LogP contribution >= 0.6 is 11.3 Å². The molecule has 138 valence electrons. The average molecular weight is 377 g/mol. The Morgan fingerprint density at radius 2 is 2.00 bits per heavy atom. The van der Waals surface area contributed by atoms with Crippen molar-refractivity contribution in [2.75, 3.05) is 7.05 Å². The highest BCUT2D eigenvalue weighted by molar-refractivity contribution is 7.09. The van der Waals surface area contributed by atoms with Gasteiger partial charge >= 0.3 is 12.0 Å². The normalized spacial score (nSPS) is 11.3. The standard InChI is InChI=1S/C17H19N3O5S/c1-10(15(21)20-17(23)18-3)25-16(22)13-6-4-5-7-14(13)24-8-12-9-26-11(2)19-12/h4-7,9-10H,8H2,1-3H3,(H2,18,20,21,23)/t10-/m1/s1. The van der Waals surface area contributed by atoms with E-state index in [-0.39, 0.29) is 12.2 Å². The number of thiazole rings is 1. The molecule has 1 heterocycles. The molecule has 0 fully saturated rings. The maximum absolute atomic E-state index is 12.4. The van der Waals surface area contributed by atoms with Crippen LogP contribution in [0.25, 0.3) is 0 Å². The number of benzene rings is 1. The summed E-state index contributed by atoms with van der Waals surface area (Å²) in [5, 5.41) is 7.09. The zero-order chi connectivity index (χ0) is 19.1. The number of ether oxygens (including phenoxy) is 2. The SMILES string of the molecule is CNC(=O)NC(=O)[C@@H](C)OC(=O)c1ccccc1OCc1csc(C)n1. The van der Waals surface area contributed by atoms with E-state index in [2.05, 4.69) is 10.3 Å². The van der Waals surface area contributed by atoms with Crippen molar-refractivity contribution >= 4 is 29.2 Å². The summed E-state index contributed by atoms with van der Waals surface area (Å²) in [6.45, 7) is 3.48. The number of aryl methyl sites for hydroxylation is 1. The molecular formula is C17H19N3O5S. The summed E-state index contributed by atoms with van der Waals surface area (Å²) < 4.78 is 10.8. The Morgan fingerprint density at radius 1 is 1.27 bits per heavy atom. The number of aromatic nitrogens is 1. The van der Waals surface area contributed by atoms with Gasteiger partial charge in [-0.2, -0.15) is 0 Å². The number of hydrogen-bond donors (Lipinski definition) is 2. The molecule has 0 unspecified atom stereocenters. The van der Waals surface area contributed by atoms with Gasteiger partial charge in [-0.15, -0.1) is 11.3 Å². The molecule has 2 rings (SSSR count). The molecule has 9 heteroatoms. The van der Waals surface area contributed by atoms with Crippen LogP contribution in [0.3, 0.4) is 0 Å². The monoisotopic (exact) mass is 377 g/mol. The highest BCUT2D eigenvalue weighted by atomic mass is 32.1. The quantitative estimate of drug-likeness (QED) is 0.746. The number of esters is 1. The van der Waals surface area contributed by atoms with E-state index in [1.165, 1.54) is 31.4 Å². The molecule has 0 radical (unpaired) electrons. The van der Waals surface area contributed by atoms with Crippen LogP contribution in [0.4, 0.5) is 4.79 Å². The predicted molar refractivity (Wildman–Crippen MR) is 95.1 cm³/mol. The predicted octanol–water partition coefficient (Wildman–Crippen LogP) is 2.03. The average Bonchev–Trinajstić information content (AvgIpc) is 3.05. The van der Waals surface area contributed by atoms with E-state index in [0.29, 0.717) is 5.75 Å². The Morgan fingerprint density at radius 3 is 2.65 bits per heavy atom. The molecule has 8 nitrogen and oxygen atoms in total. The summed E-state index contributed by atoms with van der Waals surface area (Å²) in [7, 11) is 1.37. The Balaban J connectivity index is 2.02. The Hall–Kier alpha value is -2.94. The van der Waals surface area contributed by atoms with Gasteiger partial charge < -0.3 is 14.8 Å². The maximum Gasteiger partial charge on any atom is 0.342 e. The number of hydrogen-bond acceptors (Lipinski definition) is 7. The van der Waals surface area contributed by atoms with Crippen molar-refractivity contribution in [3.05, 3.63) is 45.9 Å². The van der Waals surface area contributed by atoms with E-state index in [1.807, 2.05) is 17.6 Å². The fourth-order valence-electron chi connectivity index (χ4n) is 1.94. The van der Waals surface area contributed by atoms with Crippen LogP contribution in [-0.2, 0) is 16.1 Å². The first kappa shape index (κ1) is 19.4. The van der Waals surface area contributed by atoms with Crippen molar-refractivity contribution in [1.29, 1.82) is 0 Å². The molecule has 0 saturated heterocycles. The molecule has 0 aliphatic rings. The molecule has 2 N–H and O–H groups in total. The number of imide groups is 1. The van der Waals surface area contributed by atoms with E-state index in [4.69, 9.17) is 9.47 Å². The molecule has 0 saturated carbocycles. The Bertz CT molecular complexity index is 805. The first-order valence-corrected chi connectivity index (χ1v) is 8.65. The molecule has 0 aliphatic heterocycles. The lowest BCUT2D eigenvalue weighted by Gasteiger charge is -2.14. The summed E-state index contributed by atoms with van der Waals surface area (Å²) >= 11 is 1.51. The van der Waals surface area contributed by atoms with Crippen molar-refractivity contribution in [2.45, 2.75) is 26.6 Å². The van der Waals surface area contributed by atoms with Crippen molar-refractivity contribution in [3.8, 4) is 5.75 Å². The lowest BCUT2D eigenvalue weighted by molar-refractivity contribution is -0.127. The van der Waals surface area contributed by atoms with Crippen LogP contribution in [0.1, 0.15) is 28.0 Å². The van der Waals surface area contributed by atoms with Crippen LogP contribution in [0, 0.1) is 6.92 Å². The van der Waals surface area contributed by atoms with Gasteiger partial charge in [0, 0.05) is 12.4 Å². The van der Waals surface area contributed by atoms with Crippen molar-refractivity contribution in [3.63, 3.8) is 0 Å². The smallest absolute Gasteiger partial charge is 0.342 e. The molecule has 2 aromatic rings. The van der Waals surface area contributed by atoms with Gasteiger partial charge in [0.2, 0.25) is 0 Å². The third-order valence-corrected chi connectivity index (χ3v) is 4.09. The minimum Gasteiger partial charge on any atom is -0.486 e. The van der Waals surface area contributed by atoms with Crippen LogP contribution in [0.5, 0.6) is 5.75 Å². The maximum atomic E-state index is 12.4. The van der Waals surface area contributed by atoms with Crippen LogP contribution in [0.2, 0.25) is 0 Å². The molecule has 1 aromatic carbocycles. The number of carbonyl (C=O) groups excluding carboxylic acids is 3. The third-order valence-electron chi connectivity index (χ3n) is 3.27. The van der Waals surface area contributed by atoms with Crippen LogP contribution in [0.15, 0.2) is 29.6 Å². The largest absolute Gasteiger partial charge is 0.486 e. The van der Waals surface area contributed by atoms with Crippen molar-refractivity contribution in [1.82, 2.24) is 15.6 Å². The highest BCUT2D eigenvalue weighted by Gasteiger charge is 2.22. The molecule has 3 amide bonds. The summed E-state index contributed by atoms with van der Waals surface area (Å²) in [5.41, 5.74) is 0.938. The van der Waals surface area contributed by atoms with Crippen molar-refractivity contribution < 1.29 is 23.9 Å². The van der Waals surface area contributed by atoms with Gasteiger partial charge in [-0.05, 0) is 26.0 Å². The van der Waals surface area contributed by atoms with Gasteiger partial charge in [0.15, 0.2) is 6.10 Å². The number of para-hydroxylation sites is 1. The summed E-state index contributed by atoms with van der Waals surface area (Å²) in [6, 6.07) is 5.87. The second-order valence-corrected chi connectivity index (χ2v) is 6.32. The second kappa shape index (κ2) is 8.95. The van der Waals surface area contributed by atoms with Crippen LogP contribution in [-0.4, -0.2) is 36.0 Å². The number of amides is 3. The minimum atomic E-state index is -1.14. The van der Waals surface area contributed by atoms with Gasteiger partial charge in [0.05, 0.1) is 10.7 Å². The fraction of sp³-hybridized carbons (Fsp3) is 0.294. The summed E-state index contributed by atoms with van der Waals surface area (Å²) in [4.78, 5) is 39.6. The van der Waals surface area contributed by atoms with Gasteiger partial charge in [-0.25, -0.2) is 14.6 Å². The first-order chi connectivity index (χ1) is 12.4. The zero-order valence-corrected chi connectivity index (χ0v) is 15.4. The molecular weight excluding hydrogens is 358 g/mol. The number of urea groups is 1. The third kappa shape index (κ3) is 5.28. The molecule has 1 aromatic heterocycles. The number of nitrogens with zero attached hydrogens (tertiary/aromatic N) is 1. The molecule has 26 heavy (non-hydrogen) atoms. The van der Waals surface area contributed by atoms with E-state index < -0.39 is 24.0 Å². The lowest BCUT2D eigenvalue weighted by atomic mass is 10.2. The zero-order valence-electron chi connectivity index (χ0n) is 14.6. The van der Waals surface area contributed by atoms with Gasteiger partial charge in [-0.3, -0.25) is 10.1 Å². The summed E-state index contributed by atoms with van der Waals surface area (Å²) in [5.74, 6) is -1.13. The highest BCUT2D eigenvalue weighted by Crippen LogP contribution is 2.21. The topological polar surface area (TPSA) is 107 Å². The van der Waals surface area contributed by atoms with Gasteiger partial charge in [0.25, 0.3) is 5.91 Å². The summed E-state index contributed by atoms with van der Waals surface area (Å²) in [6.07, 6.45) is -1.14. The van der Waals surface area contributed by atoms with E-state index in [1.54, 1.807) is 18.2 Å².